The maximum Gasteiger partial charge on any atom is 0.127 e. The SMILES string of the molecule is Cl.Fc1ccccc1CNCCc1ccccc1. The van der Waals surface area contributed by atoms with Crippen molar-refractivity contribution >= 4 is 12.4 Å². The molecule has 0 spiro atoms. The Hall–Kier alpha value is -1.38. The second-order valence-corrected chi connectivity index (χ2v) is 4.00. The van der Waals surface area contributed by atoms with E-state index in [9.17, 15) is 4.39 Å². The van der Waals surface area contributed by atoms with Crippen LogP contribution >= 0.6 is 12.4 Å². The molecule has 0 amide bonds. The van der Waals surface area contributed by atoms with Gasteiger partial charge in [-0.3, -0.25) is 0 Å². The van der Waals surface area contributed by atoms with E-state index >= 15 is 0 Å². The zero-order valence-electron chi connectivity index (χ0n) is 10.1. The van der Waals surface area contributed by atoms with Crippen molar-refractivity contribution in [2.75, 3.05) is 6.54 Å². The number of rotatable bonds is 5. The summed E-state index contributed by atoms with van der Waals surface area (Å²) in [6.07, 6.45) is 0.968. The number of nitrogens with one attached hydrogen (secondary N) is 1. The smallest absolute Gasteiger partial charge is 0.127 e. The van der Waals surface area contributed by atoms with E-state index in [0.717, 1.165) is 18.5 Å². The zero-order valence-corrected chi connectivity index (χ0v) is 10.9. The summed E-state index contributed by atoms with van der Waals surface area (Å²) in [5.74, 6) is -0.139. The second kappa shape index (κ2) is 7.85. The predicted molar refractivity (Wildman–Crippen MR) is 75.5 cm³/mol. The molecule has 18 heavy (non-hydrogen) atoms. The fraction of sp³-hybridized carbons (Fsp3) is 0.200. The third kappa shape index (κ3) is 4.47. The lowest BCUT2D eigenvalue weighted by Crippen LogP contribution is -2.17. The van der Waals surface area contributed by atoms with E-state index in [1.54, 1.807) is 6.07 Å². The summed E-state index contributed by atoms with van der Waals surface area (Å²) < 4.78 is 13.3. The van der Waals surface area contributed by atoms with Gasteiger partial charge in [0, 0.05) is 12.1 Å². The molecule has 0 fully saturated rings. The van der Waals surface area contributed by atoms with Gasteiger partial charge in [0.05, 0.1) is 0 Å². The third-order valence-electron chi connectivity index (χ3n) is 2.71. The van der Waals surface area contributed by atoms with Crippen LogP contribution in [0.1, 0.15) is 11.1 Å². The van der Waals surface area contributed by atoms with Crippen LogP contribution in [-0.2, 0) is 13.0 Å². The van der Waals surface area contributed by atoms with Crippen molar-refractivity contribution in [3.8, 4) is 0 Å². The maximum absolute atomic E-state index is 13.3. The highest BCUT2D eigenvalue weighted by Gasteiger charge is 1.99. The minimum absolute atomic E-state index is 0. The van der Waals surface area contributed by atoms with Crippen molar-refractivity contribution in [3.05, 3.63) is 71.5 Å². The molecule has 3 heteroatoms. The van der Waals surface area contributed by atoms with Crippen LogP contribution in [0.5, 0.6) is 0 Å². The van der Waals surface area contributed by atoms with Crippen molar-refractivity contribution in [2.24, 2.45) is 0 Å². The number of halogens is 2. The average molecular weight is 266 g/mol. The highest BCUT2D eigenvalue weighted by Crippen LogP contribution is 2.05. The van der Waals surface area contributed by atoms with Crippen LogP contribution in [0.3, 0.4) is 0 Å². The lowest BCUT2D eigenvalue weighted by molar-refractivity contribution is 0.588. The summed E-state index contributed by atoms with van der Waals surface area (Å²) in [6.45, 7) is 1.44. The number of benzene rings is 2. The molecule has 0 aliphatic carbocycles. The standard InChI is InChI=1S/C15H16FN.ClH/c16-15-9-5-4-8-14(15)12-17-11-10-13-6-2-1-3-7-13;/h1-9,17H,10-12H2;1H. The molecule has 0 radical (unpaired) electrons. The van der Waals surface area contributed by atoms with Crippen LogP contribution < -0.4 is 5.32 Å². The van der Waals surface area contributed by atoms with Gasteiger partial charge in [0.25, 0.3) is 0 Å². The fourth-order valence-corrected chi connectivity index (χ4v) is 1.74. The van der Waals surface area contributed by atoms with Gasteiger partial charge in [-0.2, -0.15) is 0 Å². The Labute approximate surface area is 113 Å². The van der Waals surface area contributed by atoms with Crippen LogP contribution in [0.15, 0.2) is 54.6 Å². The summed E-state index contributed by atoms with van der Waals surface area (Å²) in [7, 11) is 0. The largest absolute Gasteiger partial charge is 0.312 e. The van der Waals surface area contributed by atoms with E-state index in [1.165, 1.54) is 11.6 Å². The van der Waals surface area contributed by atoms with Gasteiger partial charge in [0.1, 0.15) is 5.82 Å². The molecule has 0 saturated carbocycles. The Morgan fingerprint density at radius 2 is 1.56 bits per heavy atom. The minimum atomic E-state index is -0.139. The van der Waals surface area contributed by atoms with Gasteiger partial charge >= 0.3 is 0 Å². The van der Waals surface area contributed by atoms with E-state index in [2.05, 4.69) is 17.4 Å². The Morgan fingerprint density at radius 1 is 0.889 bits per heavy atom. The molecule has 1 N–H and O–H groups in total. The van der Waals surface area contributed by atoms with Crippen molar-refractivity contribution < 1.29 is 4.39 Å². The first-order valence-electron chi connectivity index (χ1n) is 5.84. The third-order valence-corrected chi connectivity index (χ3v) is 2.71. The van der Waals surface area contributed by atoms with Gasteiger partial charge in [-0.05, 0) is 24.6 Å². The molecule has 0 aliphatic heterocycles. The molecule has 0 bridgehead atoms. The number of hydrogen-bond donors (Lipinski definition) is 1. The van der Waals surface area contributed by atoms with E-state index in [4.69, 9.17) is 0 Å². The Balaban J connectivity index is 0.00000162. The molecule has 2 aromatic rings. The second-order valence-electron chi connectivity index (χ2n) is 4.00. The minimum Gasteiger partial charge on any atom is -0.312 e. The van der Waals surface area contributed by atoms with Gasteiger partial charge in [-0.1, -0.05) is 48.5 Å². The molecule has 2 rings (SSSR count). The normalized spacial score (nSPS) is 9.83. The first kappa shape index (κ1) is 14.7. The quantitative estimate of drug-likeness (QED) is 0.815. The van der Waals surface area contributed by atoms with Crippen molar-refractivity contribution in [2.45, 2.75) is 13.0 Å². The van der Waals surface area contributed by atoms with Gasteiger partial charge in [-0.25, -0.2) is 4.39 Å². The van der Waals surface area contributed by atoms with Crippen LogP contribution in [0.2, 0.25) is 0 Å². The molecule has 1 nitrogen and oxygen atoms in total. The van der Waals surface area contributed by atoms with E-state index in [1.807, 2.05) is 30.3 Å². The topological polar surface area (TPSA) is 12.0 Å². The maximum atomic E-state index is 13.3. The van der Waals surface area contributed by atoms with Crippen molar-refractivity contribution in [3.63, 3.8) is 0 Å². The lowest BCUT2D eigenvalue weighted by Gasteiger charge is -2.05. The molecule has 0 aromatic heterocycles. The number of hydrogen-bond acceptors (Lipinski definition) is 1. The van der Waals surface area contributed by atoms with E-state index in [-0.39, 0.29) is 18.2 Å². The van der Waals surface area contributed by atoms with Gasteiger partial charge in [0.15, 0.2) is 0 Å². The fourth-order valence-electron chi connectivity index (χ4n) is 1.74. The summed E-state index contributed by atoms with van der Waals surface area (Å²) in [4.78, 5) is 0. The van der Waals surface area contributed by atoms with Crippen LogP contribution in [0.4, 0.5) is 4.39 Å². The van der Waals surface area contributed by atoms with Crippen LogP contribution in [0, 0.1) is 5.82 Å². The van der Waals surface area contributed by atoms with E-state index < -0.39 is 0 Å². The van der Waals surface area contributed by atoms with Crippen LogP contribution in [-0.4, -0.2) is 6.54 Å². The zero-order chi connectivity index (χ0) is 11.9. The molecular weight excluding hydrogens is 249 g/mol. The molecule has 0 saturated heterocycles. The summed E-state index contributed by atoms with van der Waals surface area (Å²) >= 11 is 0. The lowest BCUT2D eigenvalue weighted by atomic mass is 10.1. The van der Waals surface area contributed by atoms with Gasteiger partial charge in [0.2, 0.25) is 0 Å². The Bertz CT molecular complexity index is 459. The first-order chi connectivity index (χ1) is 8.36. The molecule has 2 aromatic carbocycles. The van der Waals surface area contributed by atoms with E-state index in [0.29, 0.717) is 6.54 Å². The van der Waals surface area contributed by atoms with Crippen LogP contribution in [0.25, 0.3) is 0 Å². The monoisotopic (exact) mass is 265 g/mol. The van der Waals surface area contributed by atoms with Gasteiger partial charge < -0.3 is 5.32 Å². The molecular formula is C15H17ClFN. The first-order valence-corrected chi connectivity index (χ1v) is 5.84. The Kier molecular flexibility index (Phi) is 6.40. The van der Waals surface area contributed by atoms with Gasteiger partial charge in [-0.15, -0.1) is 12.4 Å². The molecule has 0 unspecified atom stereocenters. The molecule has 0 atom stereocenters. The Morgan fingerprint density at radius 3 is 2.28 bits per heavy atom. The molecule has 0 heterocycles. The predicted octanol–water partition coefficient (Wildman–Crippen LogP) is 3.58. The molecule has 96 valence electrons. The van der Waals surface area contributed by atoms with Crippen molar-refractivity contribution in [1.29, 1.82) is 0 Å². The summed E-state index contributed by atoms with van der Waals surface area (Å²) in [5, 5.41) is 3.25. The highest BCUT2D eigenvalue weighted by atomic mass is 35.5. The van der Waals surface area contributed by atoms with Crippen molar-refractivity contribution in [1.82, 2.24) is 5.32 Å². The molecule has 0 aliphatic rings. The summed E-state index contributed by atoms with van der Waals surface area (Å²) in [6, 6.07) is 17.2. The highest BCUT2D eigenvalue weighted by molar-refractivity contribution is 5.85. The average Bonchev–Trinajstić information content (AvgIpc) is 2.38. The summed E-state index contributed by atoms with van der Waals surface area (Å²) in [5.41, 5.74) is 2.02.